The summed E-state index contributed by atoms with van der Waals surface area (Å²) >= 11 is 0. The predicted molar refractivity (Wildman–Crippen MR) is 197 cm³/mol. The highest BCUT2D eigenvalue weighted by molar-refractivity contribution is 6.08. The quantitative estimate of drug-likeness (QED) is 0.195. The Bertz CT molecular complexity index is 2380. The highest BCUT2D eigenvalue weighted by Crippen LogP contribution is 2.53. The Morgan fingerprint density at radius 1 is 0.426 bits per heavy atom. The zero-order valence-corrected chi connectivity index (χ0v) is 26.4. The Balaban J connectivity index is 1.24. The van der Waals surface area contributed by atoms with E-state index in [1.165, 1.54) is 44.5 Å². The van der Waals surface area contributed by atoms with Gasteiger partial charge < -0.3 is 9.32 Å². The highest BCUT2D eigenvalue weighted by atomic mass is 16.3. The topological polar surface area (TPSA) is 16.4 Å². The summed E-state index contributed by atoms with van der Waals surface area (Å²) in [6, 6.07) is 58.8. The summed E-state index contributed by atoms with van der Waals surface area (Å²) in [6.45, 7) is 4.72. The minimum atomic E-state index is -0.0971. The lowest BCUT2D eigenvalue weighted by Gasteiger charge is -2.25. The Kier molecular flexibility index (Phi) is 6.20. The first kappa shape index (κ1) is 27.5. The lowest BCUT2D eigenvalue weighted by Crippen LogP contribution is -2.16. The third-order valence-electron chi connectivity index (χ3n) is 9.81. The van der Waals surface area contributed by atoms with E-state index in [2.05, 4.69) is 183 Å². The normalized spacial score (nSPS) is 13.1. The molecule has 9 rings (SSSR count). The second kappa shape index (κ2) is 10.6. The second-order valence-electron chi connectivity index (χ2n) is 13.0. The van der Waals surface area contributed by atoms with E-state index in [-0.39, 0.29) is 5.41 Å². The molecule has 0 amide bonds. The molecule has 2 nitrogen and oxygen atoms in total. The summed E-state index contributed by atoms with van der Waals surface area (Å²) in [4.78, 5) is 2.30. The average molecular weight is 604 g/mol. The number of rotatable bonds is 5. The second-order valence-corrected chi connectivity index (χ2v) is 13.0. The molecule has 0 atom stereocenters. The first-order valence-corrected chi connectivity index (χ1v) is 16.3. The van der Waals surface area contributed by atoms with E-state index in [1.54, 1.807) is 0 Å². The number of hydrogen-bond donors (Lipinski definition) is 0. The van der Waals surface area contributed by atoms with Crippen molar-refractivity contribution in [3.8, 4) is 33.4 Å². The standard InChI is InChI=1S/C45H33NO/c1-45(2)41-21-13-12-20-36(41)40-28-32(27-37(44(40)45)30-14-6-3-7-15-30)31-22-24-42-38(26-31)39-29-35(23-25-43(39)47-42)46(33-16-8-4-9-17-33)34-18-10-5-11-19-34/h3-29H,1-2H3. The summed E-state index contributed by atoms with van der Waals surface area (Å²) < 4.78 is 6.41. The third-order valence-corrected chi connectivity index (χ3v) is 9.81. The van der Waals surface area contributed by atoms with Gasteiger partial charge in [0.2, 0.25) is 0 Å². The van der Waals surface area contributed by atoms with Gasteiger partial charge in [-0.3, -0.25) is 0 Å². The van der Waals surface area contributed by atoms with Gasteiger partial charge in [-0.1, -0.05) is 111 Å². The van der Waals surface area contributed by atoms with Gasteiger partial charge in [0.25, 0.3) is 0 Å². The summed E-state index contributed by atoms with van der Waals surface area (Å²) in [6.07, 6.45) is 0. The molecule has 0 bridgehead atoms. The fourth-order valence-corrected chi connectivity index (χ4v) is 7.62. The fourth-order valence-electron chi connectivity index (χ4n) is 7.62. The van der Waals surface area contributed by atoms with Crippen molar-refractivity contribution in [1.29, 1.82) is 0 Å². The maximum atomic E-state index is 6.41. The lowest BCUT2D eigenvalue weighted by molar-refractivity contribution is 0.662. The van der Waals surface area contributed by atoms with Crippen molar-refractivity contribution >= 4 is 39.0 Å². The maximum Gasteiger partial charge on any atom is 0.135 e. The molecule has 1 heterocycles. The van der Waals surface area contributed by atoms with Crippen molar-refractivity contribution in [1.82, 2.24) is 0 Å². The largest absolute Gasteiger partial charge is 0.456 e. The molecule has 2 heteroatoms. The van der Waals surface area contributed by atoms with E-state index in [4.69, 9.17) is 4.42 Å². The van der Waals surface area contributed by atoms with Crippen LogP contribution in [0.1, 0.15) is 25.0 Å². The van der Waals surface area contributed by atoms with Crippen molar-refractivity contribution < 1.29 is 4.42 Å². The van der Waals surface area contributed by atoms with Crippen LogP contribution in [0.25, 0.3) is 55.3 Å². The van der Waals surface area contributed by atoms with E-state index in [1.807, 2.05) is 0 Å². The molecule has 0 unspecified atom stereocenters. The van der Waals surface area contributed by atoms with Crippen LogP contribution < -0.4 is 4.90 Å². The number of fused-ring (bicyclic) bond motifs is 6. The molecule has 0 aliphatic heterocycles. The van der Waals surface area contributed by atoms with E-state index in [0.29, 0.717) is 0 Å². The molecule has 0 spiro atoms. The summed E-state index contributed by atoms with van der Waals surface area (Å²) in [7, 11) is 0. The van der Waals surface area contributed by atoms with Crippen LogP contribution in [0.15, 0.2) is 168 Å². The van der Waals surface area contributed by atoms with Crippen LogP contribution in [-0.2, 0) is 5.41 Å². The van der Waals surface area contributed by atoms with Crippen molar-refractivity contribution in [2.75, 3.05) is 4.90 Å². The first-order valence-electron chi connectivity index (χ1n) is 16.3. The molecular formula is C45H33NO. The first-order chi connectivity index (χ1) is 23.1. The van der Waals surface area contributed by atoms with Crippen LogP contribution in [0.3, 0.4) is 0 Å². The van der Waals surface area contributed by atoms with Gasteiger partial charge in [-0.2, -0.15) is 0 Å². The van der Waals surface area contributed by atoms with Crippen LogP contribution >= 0.6 is 0 Å². The molecule has 47 heavy (non-hydrogen) atoms. The SMILES string of the molecule is CC1(C)c2ccccc2-c2cc(-c3ccc4oc5ccc(N(c6ccccc6)c6ccccc6)cc5c4c3)cc(-c3ccccc3)c21. The smallest absolute Gasteiger partial charge is 0.135 e. The molecule has 7 aromatic carbocycles. The molecule has 1 aliphatic rings. The summed E-state index contributed by atoms with van der Waals surface area (Å²) in [5.41, 5.74) is 15.3. The monoisotopic (exact) mass is 603 g/mol. The van der Waals surface area contributed by atoms with Crippen LogP contribution in [0.2, 0.25) is 0 Å². The highest BCUT2D eigenvalue weighted by Gasteiger charge is 2.37. The number of hydrogen-bond acceptors (Lipinski definition) is 2. The van der Waals surface area contributed by atoms with Crippen molar-refractivity contribution in [2.24, 2.45) is 0 Å². The summed E-state index contributed by atoms with van der Waals surface area (Å²) in [5, 5.41) is 2.22. The molecule has 0 saturated heterocycles. The third kappa shape index (κ3) is 4.40. The molecule has 1 aliphatic carbocycles. The molecular weight excluding hydrogens is 571 g/mol. The van der Waals surface area contributed by atoms with Gasteiger partial charge in [-0.15, -0.1) is 0 Å². The minimum Gasteiger partial charge on any atom is -0.456 e. The maximum absolute atomic E-state index is 6.41. The molecule has 8 aromatic rings. The molecule has 0 saturated carbocycles. The van der Waals surface area contributed by atoms with Gasteiger partial charge in [-0.05, 0) is 111 Å². The fraction of sp³-hybridized carbons (Fsp3) is 0.0667. The van der Waals surface area contributed by atoms with E-state index in [0.717, 1.165) is 39.0 Å². The number of nitrogens with zero attached hydrogens (tertiary/aromatic N) is 1. The summed E-state index contributed by atoms with van der Waals surface area (Å²) in [5.74, 6) is 0. The van der Waals surface area contributed by atoms with Crippen LogP contribution in [0.4, 0.5) is 17.1 Å². The Hall–Kier alpha value is -5.86. The van der Waals surface area contributed by atoms with Crippen LogP contribution in [0, 0.1) is 0 Å². The molecule has 0 fully saturated rings. The number of para-hydroxylation sites is 2. The van der Waals surface area contributed by atoms with Gasteiger partial charge in [0, 0.05) is 33.2 Å². The van der Waals surface area contributed by atoms with Gasteiger partial charge >= 0.3 is 0 Å². The Morgan fingerprint density at radius 2 is 1.00 bits per heavy atom. The average Bonchev–Trinajstić information content (AvgIpc) is 3.60. The van der Waals surface area contributed by atoms with Gasteiger partial charge in [0.1, 0.15) is 11.2 Å². The van der Waals surface area contributed by atoms with E-state index < -0.39 is 0 Å². The zero-order chi connectivity index (χ0) is 31.5. The van der Waals surface area contributed by atoms with Crippen molar-refractivity contribution in [3.63, 3.8) is 0 Å². The number of anilines is 3. The van der Waals surface area contributed by atoms with Crippen LogP contribution in [-0.4, -0.2) is 0 Å². The predicted octanol–water partition coefficient (Wildman–Crippen LogP) is 12.7. The Morgan fingerprint density at radius 3 is 1.70 bits per heavy atom. The minimum absolute atomic E-state index is 0.0971. The van der Waals surface area contributed by atoms with Crippen LogP contribution in [0.5, 0.6) is 0 Å². The van der Waals surface area contributed by atoms with Crippen molar-refractivity contribution in [3.05, 3.63) is 175 Å². The molecule has 0 N–H and O–H groups in total. The molecule has 1 aromatic heterocycles. The van der Waals surface area contributed by atoms with Gasteiger partial charge in [-0.25, -0.2) is 0 Å². The lowest BCUT2D eigenvalue weighted by atomic mass is 9.78. The number of benzene rings is 7. The van der Waals surface area contributed by atoms with Crippen molar-refractivity contribution in [2.45, 2.75) is 19.3 Å². The Labute approximate surface area is 275 Å². The van der Waals surface area contributed by atoms with E-state index in [9.17, 15) is 0 Å². The zero-order valence-electron chi connectivity index (χ0n) is 26.4. The van der Waals surface area contributed by atoms with E-state index >= 15 is 0 Å². The van der Waals surface area contributed by atoms with Gasteiger partial charge in [0.15, 0.2) is 0 Å². The number of furan rings is 1. The molecule has 0 radical (unpaired) electrons. The molecule has 224 valence electrons. The van der Waals surface area contributed by atoms with Gasteiger partial charge in [0.05, 0.1) is 0 Å².